The molecule has 38 heavy (non-hydrogen) atoms. The van der Waals surface area contributed by atoms with Crippen molar-refractivity contribution in [3.05, 3.63) is 77.8 Å². The quantitative estimate of drug-likeness (QED) is 0.321. The minimum atomic E-state index is -4.71. The first-order valence-corrected chi connectivity index (χ1v) is 12.7. The lowest BCUT2D eigenvalue weighted by Crippen LogP contribution is -2.30. The Morgan fingerprint density at radius 3 is 2.34 bits per heavy atom. The third-order valence-corrected chi connectivity index (χ3v) is 7.67. The van der Waals surface area contributed by atoms with E-state index in [9.17, 15) is 31.8 Å². The van der Waals surface area contributed by atoms with E-state index in [1.807, 2.05) is 0 Å². The smallest absolute Gasteiger partial charge is 0.433 e. The average molecular weight is 547 g/mol. The molecule has 0 amide bonds. The van der Waals surface area contributed by atoms with E-state index in [2.05, 4.69) is 15.3 Å². The van der Waals surface area contributed by atoms with Crippen molar-refractivity contribution in [3.8, 4) is 17.2 Å². The first kappa shape index (κ1) is 25.5. The van der Waals surface area contributed by atoms with Gasteiger partial charge in [-0.25, -0.2) is 18.4 Å². The summed E-state index contributed by atoms with van der Waals surface area (Å²) >= 11 is 0. The van der Waals surface area contributed by atoms with Gasteiger partial charge in [0.2, 0.25) is 5.89 Å². The summed E-state index contributed by atoms with van der Waals surface area (Å²) in [6.45, 7) is 2.63. The van der Waals surface area contributed by atoms with Crippen molar-refractivity contribution in [2.24, 2.45) is 0 Å². The number of nitrogens with zero attached hydrogens (tertiary/aromatic N) is 3. The molecule has 5 rings (SSSR count). The first-order chi connectivity index (χ1) is 17.7. The fraction of sp³-hybridized carbons (Fsp3) is 0.200. The lowest BCUT2D eigenvalue weighted by atomic mass is 10.1. The highest BCUT2D eigenvalue weighted by atomic mass is 32.2. The van der Waals surface area contributed by atoms with Crippen LogP contribution in [0.2, 0.25) is 0 Å². The predicted molar refractivity (Wildman–Crippen MR) is 131 cm³/mol. The Labute approximate surface area is 215 Å². The molecule has 1 aliphatic rings. The molecule has 4 aromatic rings. The summed E-state index contributed by atoms with van der Waals surface area (Å²) in [6.07, 6.45) is -3.47. The number of anilines is 3. The number of rotatable bonds is 4. The Hall–Kier alpha value is -4.10. The highest BCUT2D eigenvalue weighted by Gasteiger charge is 2.37. The molecule has 0 fully saturated rings. The third kappa shape index (κ3) is 4.54. The maximum Gasteiger partial charge on any atom is 0.433 e. The lowest BCUT2D eigenvalue weighted by Gasteiger charge is -2.26. The SMILES string of the molecule is CC(C)(O)c1coc(-c2cccc3c2N(S(=O)(=O)c2ccc(O)cc2)Cc2ccc(C(F)(F)F)nc2N3)n1. The number of hydrogen-bond acceptors (Lipinski definition) is 8. The summed E-state index contributed by atoms with van der Waals surface area (Å²) in [5, 5.41) is 22.8. The van der Waals surface area contributed by atoms with Gasteiger partial charge in [0, 0.05) is 5.56 Å². The van der Waals surface area contributed by atoms with Crippen LogP contribution in [-0.2, 0) is 28.3 Å². The second-order valence-corrected chi connectivity index (χ2v) is 11.0. The van der Waals surface area contributed by atoms with Crippen LogP contribution >= 0.6 is 0 Å². The minimum Gasteiger partial charge on any atom is -0.508 e. The van der Waals surface area contributed by atoms with Gasteiger partial charge in [0.25, 0.3) is 10.0 Å². The zero-order valence-corrected chi connectivity index (χ0v) is 20.8. The van der Waals surface area contributed by atoms with E-state index < -0.39 is 27.5 Å². The summed E-state index contributed by atoms with van der Waals surface area (Å²) < 4.78 is 74.7. The van der Waals surface area contributed by atoms with Gasteiger partial charge in [-0.15, -0.1) is 0 Å². The van der Waals surface area contributed by atoms with Gasteiger partial charge in [-0.2, -0.15) is 13.2 Å². The predicted octanol–water partition coefficient (Wildman–Crippen LogP) is 5.14. The number of pyridine rings is 1. The molecule has 1 aliphatic heterocycles. The molecule has 0 radical (unpaired) electrons. The van der Waals surface area contributed by atoms with E-state index in [0.717, 1.165) is 10.4 Å². The molecule has 0 saturated heterocycles. The number of aliphatic hydroxyl groups is 1. The Morgan fingerprint density at radius 2 is 1.71 bits per heavy atom. The standard InChI is InChI=1S/C25H21F3N4O5S/c1-24(2,34)20-13-37-23(31-20)17-4-3-5-18-21(17)32(38(35,36)16-9-7-15(33)8-10-16)12-14-6-11-19(25(26,27)28)30-22(14)29-18/h3-11,13,33-34H,12H2,1-2H3,(H,29,30). The normalized spacial score (nSPS) is 13.9. The first-order valence-electron chi connectivity index (χ1n) is 11.2. The molecule has 0 bridgehead atoms. The molecule has 2 aromatic carbocycles. The van der Waals surface area contributed by atoms with Gasteiger partial charge >= 0.3 is 6.18 Å². The highest BCUT2D eigenvalue weighted by molar-refractivity contribution is 7.92. The Bertz CT molecular complexity index is 1630. The molecule has 2 aromatic heterocycles. The van der Waals surface area contributed by atoms with Gasteiger partial charge < -0.3 is 19.9 Å². The second kappa shape index (κ2) is 8.74. The van der Waals surface area contributed by atoms with Crippen LogP contribution in [0.4, 0.5) is 30.4 Å². The van der Waals surface area contributed by atoms with E-state index in [1.54, 1.807) is 12.1 Å². The van der Waals surface area contributed by atoms with Crippen LogP contribution in [0.1, 0.15) is 30.8 Å². The number of phenolic OH excluding ortho intramolecular Hbond substituents is 1. The minimum absolute atomic E-state index is 0.0124. The summed E-state index contributed by atoms with van der Waals surface area (Å²) in [4.78, 5) is 7.88. The molecular formula is C25H21F3N4O5S. The van der Waals surface area contributed by atoms with Gasteiger partial charge in [0.05, 0.1) is 28.4 Å². The Balaban J connectivity index is 1.75. The number of phenols is 1. The molecule has 0 atom stereocenters. The average Bonchev–Trinajstić information content (AvgIpc) is 3.27. The van der Waals surface area contributed by atoms with Crippen LogP contribution in [0.25, 0.3) is 11.5 Å². The summed E-state index contributed by atoms with van der Waals surface area (Å²) in [5.74, 6) is -0.316. The van der Waals surface area contributed by atoms with Gasteiger partial charge in [-0.05, 0) is 56.3 Å². The molecule has 0 saturated carbocycles. The molecule has 198 valence electrons. The number of fused-ring (bicyclic) bond motifs is 2. The maximum atomic E-state index is 13.9. The number of para-hydroxylation sites is 1. The van der Waals surface area contributed by atoms with Crippen molar-refractivity contribution in [2.75, 3.05) is 9.62 Å². The van der Waals surface area contributed by atoms with Crippen LogP contribution < -0.4 is 9.62 Å². The number of aromatic nitrogens is 2. The highest BCUT2D eigenvalue weighted by Crippen LogP contribution is 2.45. The van der Waals surface area contributed by atoms with Gasteiger partial charge in [-0.1, -0.05) is 12.1 Å². The molecule has 9 nitrogen and oxygen atoms in total. The van der Waals surface area contributed by atoms with E-state index in [0.29, 0.717) is 0 Å². The lowest BCUT2D eigenvalue weighted by molar-refractivity contribution is -0.141. The van der Waals surface area contributed by atoms with E-state index >= 15 is 0 Å². The van der Waals surface area contributed by atoms with Crippen LogP contribution in [0, 0.1) is 0 Å². The van der Waals surface area contributed by atoms with E-state index in [4.69, 9.17) is 4.42 Å². The summed E-state index contributed by atoms with van der Waals surface area (Å²) in [7, 11) is -4.34. The zero-order valence-electron chi connectivity index (χ0n) is 20.0. The fourth-order valence-corrected chi connectivity index (χ4v) is 5.44. The van der Waals surface area contributed by atoms with Gasteiger partial charge in [0.15, 0.2) is 0 Å². The molecule has 0 unspecified atom stereocenters. The monoisotopic (exact) mass is 546 g/mol. The number of halogens is 3. The van der Waals surface area contributed by atoms with Crippen molar-refractivity contribution in [1.82, 2.24) is 9.97 Å². The molecule has 13 heteroatoms. The number of hydrogen-bond donors (Lipinski definition) is 3. The van der Waals surface area contributed by atoms with Crippen molar-refractivity contribution in [3.63, 3.8) is 0 Å². The van der Waals surface area contributed by atoms with Crippen LogP contribution in [0.5, 0.6) is 5.75 Å². The molecular weight excluding hydrogens is 525 g/mol. The number of benzene rings is 2. The van der Waals surface area contributed by atoms with Crippen molar-refractivity contribution >= 4 is 27.2 Å². The van der Waals surface area contributed by atoms with Crippen LogP contribution in [0.15, 0.2) is 70.2 Å². The maximum absolute atomic E-state index is 13.9. The number of nitrogens with one attached hydrogen (secondary N) is 1. The largest absolute Gasteiger partial charge is 0.508 e. The van der Waals surface area contributed by atoms with Crippen molar-refractivity contribution in [1.29, 1.82) is 0 Å². The van der Waals surface area contributed by atoms with Crippen LogP contribution in [0.3, 0.4) is 0 Å². The third-order valence-electron chi connectivity index (χ3n) is 5.91. The zero-order chi connectivity index (χ0) is 27.5. The van der Waals surface area contributed by atoms with Crippen molar-refractivity contribution in [2.45, 2.75) is 37.1 Å². The molecule has 3 N–H and O–H groups in total. The second-order valence-electron chi connectivity index (χ2n) is 9.13. The summed E-state index contributed by atoms with van der Waals surface area (Å²) in [5.41, 5.74) is -1.71. The molecule has 0 spiro atoms. The van der Waals surface area contributed by atoms with Gasteiger partial charge in [0.1, 0.15) is 34.8 Å². The Kier molecular flexibility index (Phi) is 5.87. The van der Waals surface area contributed by atoms with Crippen molar-refractivity contribution < 1.29 is 36.2 Å². The molecule has 0 aliphatic carbocycles. The number of oxazole rings is 1. The van der Waals surface area contributed by atoms with Gasteiger partial charge in [-0.3, -0.25) is 4.31 Å². The summed E-state index contributed by atoms with van der Waals surface area (Å²) in [6, 6.07) is 11.4. The molecule has 3 heterocycles. The van der Waals surface area contributed by atoms with Crippen LogP contribution in [-0.4, -0.2) is 28.6 Å². The number of aromatic hydroxyl groups is 1. The van der Waals surface area contributed by atoms with E-state index in [-0.39, 0.29) is 57.1 Å². The topological polar surface area (TPSA) is 129 Å². The van der Waals surface area contributed by atoms with E-state index in [1.165, 1.54) is 56.5 Å². The number of sulfonamides is 1. The Morgan fingerprint density at radius 1 is 1.00 bits per heavy atom. The number of alkyl halides is 3. The fourth-order valence-electron chi connectivity index (χ4n) is 3.96.